The predicted molar refractivity (Wildman–Crippen MR) is 81.5 cm³/mol. The number of halogens is 1. The van der Waals surface area contributed by atoms with Crippen LogP contribution < -0.4 is 4.74 Å². The number of carboxylic acid groups (broad SMARTS) is 1. The summed E-state index contributed by atoms with van der Waals surface area (Å²) in [4.78, 5) is 10.9. The van der Waals surface area contributed by atoms with Gasteiger partial charge in [0, 0.05) is 10.9 Å². The molecular formula is C16H15BrO3. The van der Waals surface area contributed by atoms with E-state index in [0.29, 0.717) is 12.2 Å². The van der Waals surface area contributed by atoms with Crippen LogP contribution in [-0.4, -0.2) is 17.7 Å². The number of carboxylic acids is 1. The molecule has 0 aliphatic carbocycles. The van der Waals surface area contributed by atoms with Crippen molar-refractivity contribution in [2.24, 2.45) is 0 Å². The zero-order chi connectivity index (χ0) is 14.5. The molecule has 2 aromatic carbocycles. The Bertz CT molecular complexity index is 623. The fourth-order valence-corrected chi connectivity index (χ4v) is 2.32. The smallest absolute Gasteiger partial charge is 0.335 e. The second-order valence-electron chi connectivity index (χ2n) is 4.50. The van der Waals surface area contributed by atoms with Crippen LogP contribution in [0.25, 0.3) is 0 Å². The Kier molecular flexibility index (Phi) is 4.79. The Hall–Kier alpha value is -1.81. The lowest BCUT2D eigenvalue weighted by Gasteiger charge is -2.09. The molecule has 2 aromatic rings. The molecule has 3 nitrogen and oxygen atoms in total. The van der Waals surface area contributed by atoms with Crippen molar-refractivity contribution in [3.05, 3.63) is 63.6 Å². The predicted octanol–water partition coefficient (Wildman–Crippen LogP) is 4.08. The van der Waals surface area contributed by atoms with Crippen molar-refractivity contribution >= 4 is 21.9 Å². The Balaban J connectivity index is 1.96. The highest BCUT2D eigenvalue weighted by molar-refractivity contribution is 9.10. The molecule has 0 saturated heterocycles. The minimum Gasteiger partial charge on any atom is -0.493 e. The van der Waals surface area contributed by atoms with Gasteiger partial charge in [0.05, 0.1) is 12.2 Å². The third-order valence-electron chi connectivity index (χ3n) is 3.03. The third kappa shape index (κ3) is 3.84. The molecule has 0 bridgehead atoms. The van der Waals surface area contributed by atoms with Gasteiger partial charge < -0.3 is 9.84 Å². The maximum atomic E-state index is 10.9. The molecule has 0 radical (unpaired) electrons. The fourth-order valence-electron chi connectivity index (χ4n) is 1.95. The standard InChI is InChI=1S/C16H15BrO3/c1-11-9-13(16(18)19)6-5-12(11)7-8-20-15-4-2-3-14(17)10-15/h2-6,9-10H,7-8H2,1H3,(H,18,19). The van der Waals surface area contributed by atoms with Crippen LogP contribution in [0.15, 0.2) is 46.9 Å². The highest BCUT2D eigenvalue weighted by Crippen LogP contribution is 2.18. The minimum absolute atomic E-state index is 0.319. The maximum Gasteiger partial charge on any atom is 0.335 e. The maximum absolute atomic E-state index is 10.9. The molecule has 0 heterocycles. The lowest BCUT2D eigenvalue weighted by Crippen LogP contribution is -2.04. The summed E-state index contributed by atoms with van der Waals surface area (Å²) in [6.07, 6.45) is 0.748. The molecule has 1 N–H and O–H groups in total. The van der Waals surface area contributed by atoms with Crippen LogP contribution in [0.3, 0.4) is 0 Å². The van der Waals surface area contributed by atoms with Crippen molar-refractivity contribution in [2.45, 2.75) is 13.3 Å². The molecule has 0 fully saturated rings. The number of benzene rings is 2. The first-order chi connectivity index (χ1) is 9.56. The Morgan fingerprint density at radius 3 is 2.70 bits per heavy atom. The van der Waals surface area contributed by atoms with Crippen LogP contribution in [0.1, 0.15) is 21.5 Å². The van der Waals surface area contributed by atoms with Gasteiger partial charge in [0.25, 0.3) is 0 Å². The summed E-state index contributed by atoms with van der Waals surface area (Å²) >= 11 is 3.40. The van der Waals surface area contributed by atoms with Gasteiger partial charge in [-0.3, -0.25) is 0 Å². The molecule has 0 aromatic heterocycles. The number of hydrogen-bond acceptors (Lipinski definition) is 2. The van der Waals surface area contributed by atoms with Crippen molar-refractivity contribution in [2.75, 3.05) is 6.61 Å². The minimum atomic E-state index is -0.898. The number of aryl methyl sites for hydroxylation is 1. The monoisotopic (exact) mass is 334 g/mol. The SMILES string of the molecule is Cc1cc(C(=O)O)ccc1CCOc1cccc(Br)c1. The number of aromatic carboxylic acids is 1. The van der Waals surface area contributed by atoms with Crippen molar-refractivity contribution < 1.29 is 14.6 Å². The van der Waals surface area contributed by atoms with E-state index in [1.807, 2.05) is 37.3 Å². The fraction of sp³-hybridized carbons (Fsp3) is 0.188. The molecule has 20 heavy (non-hydrogen) atoms. The van der Waals surface area contributed by atoms with Crippen LogP contribution in [0.5, 0.6) is 5.75 Å². The molecule has 0 amide bonds. The Morgan fingerprint density at radius 2 is 2.05 bits per heavy atom. The highest BCUT2D eigenvalue weighted by atomic mass is 79.9. The molecule has 0 atom stereocenters. The average molecular weight is 335 g/mol. The normalized spacial score (nSPS) is 10.3. The lowest BCUT2D eigenvalue weighted by molar-refractivity contribution is 0.0697. The van der Waals surface area contributed by atoms with Gasteiger partial charge in [-0.15, -0.1) is 0 Å². The molecule has 104 valence electrons. The average Bonchev–Trinajstić information content (AvgIpc) is 2.40. The van der Waals surface area contributed by atoms with Crippen LogP contribution in [0.2, 0.25) is 0 Å². The molecule has 0 spiro atoms. The van der Waals surface area contributed by atoms with Crippen LogP contribution >= 0.6 is 15.9 Å². The van der Waals surface area contributed by atoms with E-state index in [9.17, 15) is 4.79 Å². The topological polar surface area (TPSA) is 46.5 Å². The molecule has 0 saturated carbocycles. The van der Waals surface area contributed by atoms with E-state index < -0.39 is 5.97 Å². The summed E-state index contributed by atoms with van der Waals surface area (Å²) in [5.74, 6) is -0.0794. The first-order valence-electron chi connectivity index (χ1n) is 6.27. The summed E-state index contributed by atoms with van der Waals surface area (Å²) in [6, 6.07) is 12.9. The van der Waals surface area contributed by atoms with Gasteiger partial charge >= 0.3 is 5.97 Å². The first kappa shape index (κ1) is 14.6. The largest absolute Gasteiger partial charge is 0.493 e. The Morgan fingerprint density at radius 1 is 1.25 bits per heavy atom. The number of carbonyl (C=O) groups is 1. The van der Waals surface area contributed by atoms with E-state index in [0.717, 1.165) is 27.8 Å². The number of hydrogen-bond donors (Lipinski definition) is 1. The second-order valence-corrected chi connectivity index (χ2v) is 5.42. The van der Waals surface area contributed by atoms with Crippen LogP contribution in [0, 0.1) is 6.92 Å². The zero-order valence-electron chi connectivity index (χ0n) is 11.1. The molecule has 0 aliphatic heterocycles. The van der Waals surface area contributed by atoms with E-state index in [-0.39, 0.29) is 0 Å². The van der Waals surface area contributed by atoms with Gasteiger partial charge in [-0.2, -0.15) is 0 Å². The van der Waals surface area contributed by atoms with Crippen molar-refractivity contribution in [1.29, 1.82) is 0 Å². The Labute approximate surface area is 126 Å². The van der Waals surface area contributed by atoms with Crippen molar-refractivity contribution in [3.63, 3.8) is 0 Å². The summed E-state index contributed by atoms with van der Waals surface area (Å²) in [5, 5.41) is 8.92. The van der Waals surface area contributed by atoms with E-state index in [2.05, 4.69) is 15.9 Å². The summed E-state index contributed by atoms with van der Waals surface area (Å²) in [7, 11) is 0. The van der Waals surface area contributed by atoms with Gasteiger partial charge in [-0.1, -0.05) is 28.1 Å². The van der Waals surface area contributed by atoms with Crippen molar-refractivity contribution in [3.8, 4) is 5.75 Å². The third-order valence-corrected chi connectivity index (χ3v) is 3.52. The lowest BCUT2D eigenvalue weighted by atomic mass is 10.0. The van der Waals surface area contributed by atoms with E-state index in [4.69, 9.17) is 9.84 Å². The van der Waals surface area contributed by atoms with Gasteiger partial charge in [-0.25, -0.2) is 4.79 Å². The van der Waals surface area contributed by atoms with Gasteiger partial charge in [-0.05, 0) is 48.4 Å². The van der Waals surface area contributed by atoms with Crippen LogP contribution in [0.4, 0.5) is 0 Å². The van der Waals surface area contributed by atoms with E-state index in [1.165, 1.54) is 0 Å². The van der Waals surface area contributed by atoms with Crippen LogP contribution in [-0.2, 0) is 6.42 Å². The van der Waals surface area contributed by atoms with E-state index in [1.54, 1.807) is 12.1 Å². The van der Waals surface area contributed by atoms with Gasteiger partial charge in [0.1, 0.15) is 5.75 Å². The second kappa shape index (κ2) is 6.57. The molecule has 2 rings (SSSR count). The summed E-state index contributed by atoms with van der Waals surface area (Å²) in [6.45, 7) is 2.48. The first-order valence-corrected chi connectivity index (χ1v) is 7.07. The van der Waals surface area contributed by atoms with E-state index >= 15 is 0 Å². The molecule has 4 heteroatoms. The quantitative estimate of drug-likeness (QED) is 0.896. The van der Waals surface area contributed by atoms with Crippen molar-refractivity contribution in [1.82, 2.24) is 0 Å². The molecule has 0 aliphatic rings. The number of rotatable bonds is 5. The zero-order valence-corrected chi connectivity index (χ0v) is 12.7. The number of ether oxygens (including phenoxy) is 1. The summed E-state index contributed by atoms with van der Waals surface area (Å²) < 4.78 is 6.66. The summed E-state index contributed by atoms with van der Waals surface area (Å²) in [5.41, 5.74) is 2.40. The van der Waals surface area contributed by atoms with Gasteiger partial charge in [0.2, 0.25) is 0 Å². The highest BCUT2D eigenvalue weighted by Gasteiger charge is 2.06. The molecular weight excluding hydrogens is 320 g/mol. The van der Waals surface area contributed by atoms with Gasteiger partial charge in [0.15, 0.2) is 0 Å². The molecule has 0 unspecified atom stereocenters.